The van der Waals surface area contributed by atoms with Crippen molar-refractivity contribution >= 4 is 29.2 Å². The van der Waals surface area contributed by atoms with Gasteiger partial charge in [-0.05, 0) is 41.3 Å². The van der Waals surface area contributed by atoms with Gasteiger partial charge in [0.05, 0.1) is 6.61 Å². The molecule has 170 valence electrons. The van der Waals surface area contributed by atoms with E-state index in [-0.39, 0.29) is 12.5 Å². The van der Waals surface area contributed by atoms with Crippen molar-refractivity contribution in [3.63, 3.8) is 0 Å². The molecule has 2 heterocycles. The number of nitrogens with zero attached hydrogens (tertiary/aromatic N) is 1. The number of halogens is 1. The lowest BCUT2D eigenvalue weighted by Gasteiger charge is -2.40. The number of hydrogen-bond donors (Lipinski definition) is 5. The molecule has 5 atom stereocenters. The Bertz CT molecular complexity index is 1010. The van der Waals surface area contributed by atoms with Crippen LogP contribution in [0.3, 0.4) is 0 Å². The maximum atomic E-state index is 11.8. The zero-order valence-corrected chi connectivity index (χ0v) is 17.6. The number of urea groups is 1. The van der Waals surface area contributed by atoms with Gasteiger partial charge in [0.25, 0.3) is 0 Å². The summed E-state index contributed by atoms with van der Waals surface area (Å²) in [6.07, 6.45) is -5.78. The SMILES string of the molecule is O=C1CN(c2ccc(Cc3cc([C@@H]4O[C@H](CO)[C@@H](O)[C@H](O)[C@H]4O)ccc3Cl)cc2)C(=O)N1. The Labute approximate surface area is 188 Å². The van der Waals surface area contributed by atoms with Gasteiger partial charge in [0, 0.05) is 10.7 Å². The van der Waals surface area contributed by atoms with Crippen LogP contribution in [0.1, 0.15) is 22.8 Å². The summed E-state index contributed by atoms with van der Waals surface area (Å²) in [4.78, 5) is 24.5. The van der Waals surface area contributed by atoms with E-state index in [9.17, 15) is 30.0 Å². The fraction of sp³-hybridized carbons (Fsp3) is 0.364. The number of hydrogen-bond acceptors (Lipinski definition) is 7. The Balaban J connectivity index is 1.53. The molecule has 2 aromatic rings. The van der Waals surface area contributed by atoms with Crippen molar-refractivity contribution in [2.45, 2.75) is 36.9 Å². The number of aliphatic hydroxyl groups excluding tert-OH is 4. The van der Waals surface area contributed by atoms with Gasteiger partial charge in [0.2, 0.25) is 5.91 Å². The van der Waals surface area contributed by atoms with E-state index in [4.69, 9.17) is 16.3 Å². The van der Waals surface area contributed by atoms with E-state index in [0.717, 1.165) is 11.1 Å². The fourth-order valence-electron chi connectivity index (χ4n) is 3.95. The van der Waals surface area contributed by atoms with Crippen LogP contribution in [0.5, 0.6) is 0 Å². The highest BCUT2D eigenvalue weighted by Crippen LogP contribution is 2.34. The van der Waals surface area contributed by atoms with Crippen LogP contribution in [0.2, 0.25) is 5.02 Å². The second-order valence-corrected chi connectivity index (χ2v) is 8.29. The molecule has 2 fully saturated rings. The van der Waals surface area contributed by atoms with Crippen LogP contribution in [0, 0.1) is 0 Å². The number of nitrogens with one attached hydrogen (secondary N) is 1. The topological polar surface area (TPSA) is 140 Å². The van der Waals surface area contributed by atoms with Crippen molar-refractivity contribution < 1.29 is 34.8 Å². The fourth-order valence-corrected chi connectivity index (χ4v) is 4.13. The van der Waals surface area contributed by atoms with Crippen LogP contribution in [-0.4, -0.2) is 69.9 Å². The van der Waals surface area contributed by atoms with Crippen LogP contribution in [0.4, 0.5) is 10.5 Å². The second-order valence-electron chi connectivity index (χ2n) is 7.88. The molecule has 5 N–H and O–H groups in total. The predicted octanol–water partition coefficient (Wildman–Crippen LogP) is 0.502. The first kappa shape index (κ1) is 22.7. The maximum Gasteiger partial charge on any atom is 0.329 e. The molecule has 9 nitrogen and oxygen atoms in total. The smallest absolute Gasteiger partial charge is 0.329 e. The molecule has 2 aliphatic rings. The standard InChI is InChI=1S/C22H23ClN2O7/c23-15-6-3-12(21-20(30)19(29)18(28)16(10-26)32-21)8-13(15)7-11-1-4-14(5-2-11)25-9-17(27)24-22(25)31/h1-6,8,16,18-21,26,28-30H,7,9-10H2,(H,24,27,31)/t16-,18-,19+,20-,21+/m1/s1. The van der Waals surface area contributed by atoms with E-state index in [1.807, 2.05) is 12.1 Å². The predicted molar refractivity (Wildman–Crippen MR) is 114 cm³/mol. The molecular weight excluding hydrogens is 440 g/mol. The molecule has 0 aliphatic carbocycles. The summed E-state index contributed by atoms with van der Waals surface area (Å²) in [5, 5.41) is 42.6. The van der Waals surface area contributed by atoms with Crippen LogP contribution < -0.4 is 10.2 Å². The number of carbonyl (C=O) groups is 2. The van der Waals surface area contributed by atoms with Gasteiger partial charge in [-0.1, -0.05) is 35.9 Å². The minimum atomic E-state index is -1.47. The molecule has 0 spiro atoms. The van der Waals surface area contributed by atoms with Crippen molar-refractivity contribution in [3.05, 3.63) is 64.2 Å². The summed E-state index contributed by atoms with van der Waals surface area (Å²) in [5.74, 6) is -0.351. The Morgan fingerprint density at radius 2 is 1.75 bits per heavy atom. The van der Waals surface area contributed by atoms with Crippen LogP contribution in [0.25, 0.3) is 0 Å². The van der Waals surface area contributed by atoms with Gasteiger partial charge in [-0.15, -0.1) is 0 Å². The van der Waals surface area contributed by atoms with Gasteiger partial charge in [-0.2, -0.15) is 0 Å². The van der Waals surface area contributed by atoms with E-state index in [1.165, 1.54) is 4.90 Å². The Hall–Kier alpha value is -2.53. The van der Waals surface area contributed by atoms with Crippen LogP contribution in [0.15, 0.2) is 42.5 Å². The zero-order valence-electron chi connectivity index (χ0n) is 16.9. The van der Waals surface area contributed by atoms with Gasteiger partial charge >= 0.3 is 6.03 Å². The van der Waals surface area contributed by atoms with Crippen molar-refractivity contribution in [1.82, 2.24) is 5.32 Å². The van der Waals surface area contributed by atoms with Gasteiger partial charge in [-0.25, -0.2) is 4.79 Å². The summed E-state index contributed by atoms with van der Waals surface area (Å²) in [6, 6.07) is 11.7. The van der Waals surface area contributed by atoms with Crippen molar-refractivity contribution in [3.8, 4) is 0 Å². The lowest BCUT2D eigenvalue weighted by atomic mass is 9.90. The lowest BCUT2D eigenvalue weighted by molar-refractivity contribution is -0.231. The Morgan fingerprint density at radius 3 is 2.38 bits per heavy atom. The molecule has 3 amide bonds. The second kappa shape index (κ2) is 9.14. The minimum Gasteiger partial charge on any atom is -0.394 e. The first-order valence-electron chi connectivity index (χ1n) is 10.1. The maximum absolute atomic E-state index is 11.8. The molecule has 2 saturated heterocycles. The molecule has 0 saturated carbocycles. The van der Waals surface area contributed by atoms with Crippen LogP contribution in [-0.2, 0) is 16.0 Å². The van der Waals surface area contributed by atoms with E-state index in [1.54, 1.807) is 30.3 Å². The molecule has 0 radical (unpaired) electrons. The highest BCUT2D eigenvalue weighted by Gasteiger charge is 2.44. The number of ether oxygens (including phenoxy) is 1. The number of aliphatic hydroxyl groups is 4. The third kappa shape index (κ3) is 4.36. The largest absolute Gasteiger partial charge is 0.394 e. The molecule has 4 rings (SSSR count). The van der Waals surface area contributed by atoms with Crippen LogP contribution >= 0.6 is 11.6 Å². The number of benzene rings is 2. The first-order valence-corrected chi connectivity index (χ1v) is 10.5. The normalized spacial score (nSPS) is 28.2. The average Bonchev–Trinajstić information content (AvgIpc) is 3.12. The number of carbonyl (C=O) groups excluding carboxylic acids is 2. The third-order valence-electron chi connectivity index (χ3n) is 5.73. The van der Waals surface area contributed by atoms with Gasteiger partial charge in [0.1, 0.15) is 37.1 Å². The quantitative estimate of drug-likeness (QED) is 0.408. The number of imide groups is 1. The molecule has 10 heteroatoms. The number of anilines is 1. The Kier molecular flexibility index (Phi) is 6.47. The molecule has 32 heavy (non-hydrogen) atoms. The summed E-state index contributed by atoms with van der Waals surface area (Å²) in [5.41, 5.74) is 2.78. The molecule has 2 aromatic carbocycles. The zero-order chi connectivity index (χ0) is 23.0. The highest BCUT2D eigenvalue weighted by molar-refractivity contribution is 6.31. The number of amides is 3. The van der Waals surface area contributed by atoms with Gasteiger partial charge < -0.3 is 25.2 Å². The van der Waals surface area contributed by atoms with Gasteiger partial charge in [-0.3, -0.25) is 15.0 Å². The van der Waals surface area contributed by atoms with E-state index in [0.29, 0.717) is 22.7 Å². The summed E-state index contributed by atoms with van der Waals surface area (Å²) < 4.78 is 5.63. The van der Waals surface area contributed by atoms with E-state index >= 15 is 0 Å². The molecular formula is C22H23ClN2O7. The number of rotatable bonds is 5. The molecule has 0 unspecified atom stereocenters. The third-order valence-corrected chi connectivity index (χ3v) is 6.10. The minimum absolute atomic E-state index is 0.0227. The molecule has 0 aromatic heterocycles. The van der Waals surface area contributed by atoms with Gasteiger partial charge in [0.15, 0.2) is 0 Å². The van der Waals surface area contributed by atoms with Crippen molar-refractivity contribution in [2.24, 2.45) is 0 Å². The highest BCUT2D eigenvalue weighted by atomic mass is 35.5. The van der Waals surface area contributed by atoms with Crippen molar-refractivity contribution in [1.29, 1.82) is 0 Å². The Morgan fingerprint density at radius 1 is 1.03 bits per heavy atom. The van der Waals surface area contributed by atoms with E-state index in [2.05, 4.69) is 5.32 Å². The molecule has 2 aliphatic heterocycles. The summed E-state index contributed by atoms with van der Waals surface area (Å²) in [7, 11) is 0. The lowest BCUT2D eigenvalue weighted by Crippen LogP contribution is -2.55. The average molecular weight is 463 g/mol. The molecule has 0 bridgehead atoms. The van der Waals surface area contributed by atoms with E-state index < -0.39 is 43.2 Å². The monoisotopic (exact) mass is 462 g/mol. The van der Waals surface area contributed by atoms with Crippen molar-refractivity contribution in [2.75, 3.05) is 18.1 Å². The first-order chi connectivity index (χ1) is 15.3. The summed E-state index contributed by atoms with van der Waals surface area (Å²) in [6.45, 7) is -0.528. The summed E-state index contributed by atoms with van der Waals surface area (Å²) >= 11 is 6.37.